The van der Waals surface area contributed by atoms with Gasteiger partial charge in [-0.05, 0) is 54.5 Å². The van der Waals surface area contributed by atoms with E-state index in [0.29, 0.717) is 6.10 Å². The van der Waals surface area contributed by atoms with Crippen LogP contribution in [0.1, 0.15) is 37.7 Å². The summed E-state index contributed by atoms with van der Waals surface area (Å²) in [4.78, 5) is 4.18. The van der Waals surface area contributed by atoms with Crippen molar-refractivity contribution in [1.82, 2.24) is 10.2 Å². The maximum atomic E-state index is 8.57. The molecule has 0 bridgehead atoms. The number of hydrogen-bond acceptors (Lipinski definition) is 6. The van der Waals surface area contributed by atoms with Gasteiger partial charge in [-0.15, -0.1) is 10.2 Å². The van der Waals surface area contributed by atoms with Crippen LogP contribution in [0.5, 0.6) is 5.75 Å². The molecule has 168 valence electrons. The standard InChI is InChI=1S/C27H26N2O3S/c30-31-18-19-6-8-22(9-7-19)26-28-29-27(33-26)23-12-10-20(11-13-23)21-14-16-25(17-15-21)32-24-4-2-1-3-5-24/h6-17,24,30H,1-5,18H2. The molecule has 5 nitrogen and oxygen atoms in total. The maximum Gasteiger partial charge on any atom is 0.148 e. The molecular weight excluding hydrogens is 432 g/mol. The minimum atomic E-state index is 0.171. The molecule has 3 aromatic carbocycles. The number of rotatable bonds is 7. The molecule has 0 atom stereocenters. The van der Waals surface area contributed by atoms with E-state index in [2.05, 4.69) is 63.6 Å². The van der Waals surface area contributed by atoms with Gasteiger partial charge in [0.2, 0.25) is 0 Å². The summed E-state index contributed by atoms with van der Waals surface area (Å²) >= 11 is 1.56. The Kier molecular flexibility index (Phi) is 6.76. The molecule has 1 aliphatic rings. The van der Waals surface area contributed by atoms with Gasteiger partial charge < -0.3 is 4.74 Å². The van der Waals surface area contributed by atoms with E-state index in [-0.39, 0.29) is 6.61 Å². The van der Waals surface area contributed by atoms with Crippen molar-refractivity contribution in [3.8, 4) is 38.0 Å². The Bertz CT molecular complexity index is 1170. The number of nitrogens with zero attached hydrogens (tertiary/aromatic N) is 2. The van der Waals surface area contributed by atoms with Crippen LogP contribution in [0.3, 0.4) is 0 Å². The van der Waals surface area contributed by atoms with Gasteiger partial charge in [0.05, 0.1) is 6.10 Å². The Labute approximate surface area is 197 Å². The van der Waals surface area contributed by atoms with Gasteiger partial charge in [-0.3, -0.25) is 5.26 Å². The normalized spacial score (nSPS) is 14.3. The monoisotopic (exact) mass is 458 g/mol. The topological polar surface area (TPSA) is 64.5 Å². The van der Waals surface area contributed by atoms with Gasteiger partial charge in [-0.25, -0.2) is 4.89 Å². The fourth-order valence-corrected chi connectivity index (χ4v) is 5.04. The second kappa shape index (κ2) is 10.3. The van der Waals surface area contributed by atoms with Gasteiger partial charge in [0.1, 0.15) is 22.4 Å². The maximum absolute atomic E-state index is 8.57. The van der Waals surface area contributed by atoms with Gasteiger partial charge in [0.25, 0.3) is 0 Å². The molecule has 1 aliphatic carbocycles. The first-order chi connectivity index (χ1) is 16.3. The van der Waals surface area contributed by atoms with Crippen LogP contribution in [0.15, 0.2) is 72.8 Å². The highest BCUT2D eigenvalue weighted by Crippen LogP contribution is 2.32. The van der Waals surface area contributed by atoms with E-state index < -0.39 is 0 Å². The summed E-state index contributed by atoms with van der Waals surface area (Å²) < 4.78 is 6.15. The van der Waals surface area contributed by atoms with Crippen molar-refractivity contribution in [2.45, 2.75) is 44.8 Å². The largest absolute Gasteiger partial charge is 0.490 e. The van der Waals surface area contributed by atoms with Crippen molar-refractivity contribution in [1.29, 1.82) is 0 Å². The highest BCUT2D eigenvalue weighted by Gasteiger charge is 2.15. The first-order valence-electron chi connectivity index (χ1n) is 11.4. The fraction of sp³-hybridized carbons (Fsp3) is 0.259. The first kappa shape index (κ1) is 21.8. The third-order valence-corrected chi connectivity index (χ3v) is 7.05. The smallest absolute Gasteiger partial charge is 0.148 e. The Hall–Kier alpha value is -3.06. The van der Waals surface area contributed by atoms with Crippen molar-refractivity contribution in [2.24, 2.45) is 0 Å². The van der Waals surface area contributed by atoms with Crippen LogP contribution in [0.4, 0.5) is 0 Å². The summed E-state index contributed by atoms with van der Waals surface area (Å²) in [6.45, 7) is 0.171. The molecule has 1 fully saturated rings. The molecule has 0 unspecified atom stereocenters. The summed E-state index contributed by atoms with van der Waals surface area (Å²) in [5.74, 6) is 0.959. The first-order valence-corrected chi connectivity index (χ1v) is 12.2. The van der Waals surface area contributed by atoms with E-state index in [1.165, 1.54) is 37.7 Å². The predicted octanol–water partition coefficient (Wildman–Crippen LogP) is 7.24. The second-order valence-corrected chi connectivity index (χ2v) is 9.34. The van der Waals surface area contributed by atoms with Crippen LogP contribution in [0, 0.1) is 0 Å². The molecule has 1 heterocycles. The molecule has 33 heavy (non-hydrogen) atoms. The second-order valence-electron chi connectivity index (χ2n) is 8.36. The third kappa shape index (κ3) is 5.30. The Morgan fingerprint density at radius 2 is 1.21 bits per heavy atom. The van der Waals surface area contributed by atoms with E-state index in [1.807, 2.05) is 24.3 Å². The molecule has 0 spiro atoms. The van der Waals surface area contributed by atoms with Crippen LogP contribution in [-0.2, 0) is 11.5 Å². The predicted molar refractivity (Wildman–Crippen MR) is 131 cm³/mol. The number of benzene rings is 3. The summed E-state index contributed by atoms with van der Waals surface area (Å²) in [6.07, 6.45) is 6.59. The van der Waals surface area contributed by atoms with Crippen molar-refractivity contribution in [2.75, 3.05) is 0 Å². The molecular formula is C27H26N2O3S. The number of aromatic nitrogens is 2. The highest BCUT2D eigenvalue weighted by atomic mass is 32.1. The zero-order valence-electron chi connectivity index (χ0n) is 18.3. The molecule has 6 heteroatoms. The van der Waals surface area contributed by atoms with Crippen LogP contribution >= 0.6 is 11.3 Å². The average Bonchev–Trinajstić information content (AvgIpc) is 3.36. The number of hydrogen-bond donors (Lipinski definition) is 1. The Balaban J connectivity index is 1.26. The summed E-state index contributed by atoms with van der Waals surface area (Å²) in [7, 11) is 0. The molecule has 4 aromatic rings. The molecule has 0 saturated heterocycles. The van der Waals surface area contributed by atoms with Crippen molar-refractivity contribution in [3.63, 3.8) is 0 Å². The van der Waals surface area contributed by atoms with Crippen molar-refractivity contribution >= 4 is 11.3 Å². The Morgan fingerprint density at radius 3 is 1.79 bits per heavy atom. The van der Waals surface area contributed by atoms with Crippen LogP contribution < -0.4 is 4.74 Å². The molecule has 0 amide bonds. The van der Waals surface area contributed by atoms with E-state index in [1.54, 1.807) is 11.3 Å². The van der Waals surface area contributed by atoms with Crippen LogP contribution in [-0.4, -0.2) is 21.6 Å². The van der Waals surface area contributed by atoms with Crippen LogP contribution in [0.25, 0.3) is 32.3 Å². The van der Waals surface area contributed by atoms with Gasteiger partial charge >= 0.3 is 0 Å². The van der Waals surface area contributed by atoms with E-state index in [4.69, 9.17) is 9.99 Å². The molecule has 1 saturated carbocycles. The third-order valence-electron chi connectivity index (χ3n) is 6.03. The van der Waals surface area contributed by atoms with Crippen molar-refractivity contribution in [3.05, 3.63) is 78.4 Å². The van der Waals surface area contributed by atoms with Crippen LogP contribution in [0.2, 0.25) is 0 Å². The average molecular weight is 459 g/mol. The zero-order chi connectivity index (χ0) is 22.5. The molecule has 1 aromatic heterocycles. The lowest BCUT2D eigenvalue weighted by molar-refractivity contribution is -0.253. The van der Waals surface area contributed by atoms with Gasteiger partial charge in [-0.2, -0.15) is 0 Å². The van der Waals surface area contributed by atoms with Gasteiger partial charge in [0.15, 0.2) is 0 Å². The molecule has 1 N–H and O–H groups in total. The van der Waals surface area contributed by atoms with E-state index >= 15 is 0 Å². The minimum absolute atomic E-state index is 0.171. The van der Waals surface area contributed by atoms with E-state index in [9.17, 15) is 0 Å². The SMILES string of the molecule is OOCc1ccc(-c2nnc(-c3ccc(-c4ccc(OC5CCCCC5)cc4)cc3)s2)cc1. The summed E-state index contributed by atoms with van der Waals surface area (Å²) in [5, 5.41) is 19.0. The minimum Gasteiger partial charge on any atom is -0.490 e. The van der Waals surface area contributed by atoms with E-state index in [0.717, 1.165) is 38.0 Å². The number of ether oxygens (including phenoxy) is 1. The quantitative estimate of drug-likeness (QED) is 0.234. The summed E-state index contributed by atoms with van der Waals surface area (Å²) in [5.41, 5.74) is 5.27. The lowest BCUT2D eigenvalue weighted by Gasteiger charge is -2.23. The highest BCUT2D eigenvalue weighted by molar-refractivity contribution is 7.17. The van der Waals surface area contributed by atoms with Crippen molar-refractivity contribution < 1.29 is 14.9 Å². The molecule has 0 aliphatic heterocycles. The zero-order valence-corrected chi connectivity index (χ0v) is 19.1. The lowest BCUT2D eigenvalue weighted by atomic mass is 9.98. The molecule has 0 radical (unpaired) electrons. The van der Waals surface area contributed by atoms with Gasteiger partial charge in [-0.1, -0.05) is 78.4 Å². The molecule has 5 rings (SSSR count). The van der Waals surface area contributed by atoms with Gasteiger partial charge in [0, 0.05) is 11.1 Å². The fourth-order valence-electron chi connectivity index (χ4n) is 4.18. The summed E-state index contributed by atoms with van der Waals surface area (Å²) in [6, 6.07) is 24.6. The Morgan fingerprint density at radius 1 is 0.697 bits per heavy atom. The lowest BCUT2D eigenvalue weighted by Crippen LogP contribution is -2.19.